The van der Waals surface area contributed by atoms with Crippen molar-refractivity contribution < 1.29 is 4.79 Å². The van der Waals surface area contributed by atoms with Gasteiger partial charge in [0.25, 0.3) is 0 Å². The molecule has 0 saturated carbocycles. The Kier molecular flexibility index (Phi) is 2.68. The maximum Gasteiger partial charge on any atom is 0.320 e. The normalized spacial score (nSPS) is 9.50. The molecular weight excluding hydrogens is 156 g/mol. The predicted octanol–water partition coefficient (Wildman–Crippen LogP) is 0.723. The van der Waals surface area contributed by atoms with E-state index < -0.39 is 0 Å². The Labute approximate surface area is 70.5 Å². The number of nitrogens with one attached hydrogen (secondary N) is 3. The van der Waals surface area contributed by atoms with Gasteiger partial charge in [-0.05, 0) is 6.42 Å². The van der Waals surface area contributed by atoms with Crippen LogP contribution in [0.25, 0.3) is 0 Å². The van der Waals surface area contributed by atoms with Gasteiger partial charge in [-0.25, -0.2) is 4.79 Å². The van der Waals surface area contributed by atoms with Gasteiger partial charge in [-0.15, -0.1) is 0 Å². The van der Waals surface area contributed by atoms with E-state index in [9.17, 15) is 4.79 Å². The number of nitrogens with zero attached hydrogens (tertiary/aromatic N) is 1. The lowest BCUT2D eigenvalue weighted by atomic mass is 10.3. The lowest BCUT2D eigenvalue weighted by Crippen LogP contribution is -2.24. The van der Waals surface area contributed by atoms with Crippen molar-refractivity contribution in [3.8, 4) is 0 Å². The second-order valence-electron chi connectivity index (χ2n) is 2.34. The highest BCUT2D eigenvalue weighted by molar-refractivity contribution is 5.87. The van der Waals surface area contributed by atoms with E-state index in [4.69, 9.17) is 0 Å². The molecule has 3 N–H and O–H groups in total. The summed E-state index contributed by atoms with van der Waals surface area (Å²) in [5.41, 5.74) is 1.00. The Morgan fingerprint density at radius 3 is 3.00 bits per heavy atom. The van der Waals surface area contributed by atoms with Crippen LogP contribution in [0, 0.1) is 0 Å². The van der Waals surface area contributed by atoms with Crippen molar-refractivity contribution in [1.29, 1.82) is 0 Å². The van der Waals surface area contributed by atoms with Gasteiger partial charge in [-0.3, -0.25) is 10.4 Å². The zero-order chi connectivity index (χ0) is 8.97. The van der Waals surface area contributed by atoms with Crippen molar-refractivity contribution in [3.63, 3.8) is 0 Å². The summed E-state index contributed by atoms with van der Waals surface area (Å²) in [6.07, 6.45) is 0.877. The summed E-state index contributed by atoms with van der Waals surface area (Å²) in [7, 11) is 1.56. The van der Waals surface area contributed by atoms with Crippen molar-refractivity contribution in [2.45, 2.75) is 13.3 Å². The minimum atomic E-state index is -0.260. The number of urea groups is 1. The van der Waals surface area contributed by atoms with Crippen LogP contribution in [0.4, 0.5) is 10.6 Å². The maximum atomic E-state index is 10.8. The number of rotatable bonds is 2. The summed E-state index contributed by atoms with van der Waals surface area (Å²) in [6.45, 7) is 2.01. The molecule has 0 unspecified atom stereocenters. The molecule has 1 heterocycles. The third-order valence-electron chi connectivity index (χ3n) is 1.48. The minimum Gasteiger partial charge on any atom is -0.341 e. The number of amides is 2. The maximum absolute atomic E-state index is 10.8. The standard InChI is InChI=1S/C7H12N4O/c1-3-5-4-6(11-10-5)9-7(12)8-2/h4H,3H2,1-2H3,(H3,8,9,10,11,12). The highest BCUT2D eigenvalue weighted by atomic mass is 16.2. The molecule has 0 spiro atoms. The molecule has 1 aromatic rings. The molecule has 0 fully saturated rings. The molecule has 66 valence electrons. The van der Waals surface area contributed by atoms with Gasteiger partial charge >= 0.3 is 6.03 Å². The van der Waals surface area contributed by atoms with Crippen molar-refractivity contribution in [1.82, 2.24) is 15.5 Å². The molecule has 5 nitrogen and oxygen atoms in total. The van der Waals surface area contributed by atoms with Crippen LogP contribution in [0.2, 0.25) is 0 Å². The van der Waals surface area contributed by atoms with Crippen LogP contribution in [-0.4, -0.2) is 23.3 Å². The average molecular weight is 168 g/mol. The number of hydrogen-bond donors (Lipinski definition) is 3. The Morgan fingerprint density at radius 2 is 2.50 bits per heavy atom. The molecule has 0 aromatic carbocycles. The number of H-pyrrole nitrogens is 1. The number of hydrogen-bond acceptors (Lipinski definition) is 2. The quantitative estimate of drug-likeness (QED) is 0.609. The van der Waals surface area contributed by atoms with Crippen LogP contribution in [0.1, 0.15) is 12.6 Å². The fraction of sp³-hybridized carbons (Fsp3) is 0.429. The molecule has 0 saturated heterocycles. The first-order chi connectivity index (χ1) is 5.76. The van der Waals surface area contributed by atoms with Crippen molar-refractivity contribution in [3.05, 3.63) is 11.8 Å². The first-order valence-corrected chi connectivity index (χ1v) is 3.79. The lowest BCUT2D eigenvalue weighted by Gasteiger charge is -1.97. The summed E-state index contributed by atoms with van der Waals surface area (Å²) in [6, 6.07) is 1.54. The number of anilines is 1. The van der Waals surface area contributed by atoms with E-state index in [1.165, 1.54) is 0 Å². The molecule has 0 aliphatic rings. The van der Waals surface area contributed by atoms with Crippen molar-refractivity contribution in [2.24, 2.45) is 0 Å². The fourth-order valence-corrected chi connectivity index (χ4v) is 0.786. The zero-order valence-electron chi connectivity index (χ0n) is 7.14. The number of aromatic amines is 1. The first-order valence-electron chi connectivity index (χ1n) is 3.79. The molecule has 12 heavy (non-hydrogen) atoms. The van der Waals surface area contributed by atoms with E-state index in [-0.39, 0.29) is 6.03 Å². The van der Waals surface area contributed by atoms with E-state index in [1.807, 2.05) is 6.92 Å². The summed E-state index contributed by atoms with van der Waals surface area (Å²) in [5.74, 6) is 0.547. The summed E-state index contributed by atoms with van der Waals surface area (Å²) >= 11 is 0. The Morgan fingerprint density at radius 1 is 1.75 bits per heavy atom. The van der Waals surface area contributed by atoms with Crippen LogP contribution in [0.5, 0.6) is 0 Å². The second kappa shape index (κ2) is 3.75. The summed E-state index contributed by atoms with van der Waals surface area (Å²) < 4.78 is 0. The first kappa shape index (κ1) is 8.58. The molecule has 0 aliphatic heterocycles. The van der Waals surface area contributed by atoms with Crippen molar-refractivity contribution in [2.75, 3.05) is 12.4 Å². The number of aromatic nitrogens is 2. The molecule has 1 rings (SSSR count). The lowest BCUT2D eigenvalue weighted by molar-refractivity contribution is 0.254. The van der Waals surface area contributed by atoms with Crippen LogP contribution >= 0.6 is 0 Å². The molecule has 0 bridgehead atoms. The fourth-order valence-electron chi connectivity index (χ4n) is 0.786. The Balaban J connectivity index is 2.58. The van der Waals surface area contributed by atoms with Crippen LogP contribution in [0.15, 0.2) is 6.07 Å². The highest BCUT2D eigenvalue weighted by Crippen LogP contribution is 2.04. The molecule has 0 aliphatic carbocycles. The van der Waals surface area contributed by atoms with Crippen molar-refractivity contribution >= 4 is 11.8 Å². The third-order valence-corrected chi connectivity index (χ3v) is 1.48. The van der Waals surface area contributed by atoms with Gasteiger partial charge in [0.05, 0.1) is 0 Å². The summed E-state index contributed by atoms with van der Waals surface area (Å²) in [4.78, 5) is 10.8. The summed E-state index contributed by atoms with van der Waals surface area (Å²) in [5, 5.41) is 11.7. The van der Waals surface area contributed by atoms with Gasteiger partial charge < -0.3 is 5.32 Å². The molecular formula is C7H12N4O. The molecule has 1 aromatic heterocycles. The van der Waals surface area contributed by atoms with Gasteiger partial charge in [-0.2, -0.15) is 5.10 Å². The predicted molar refractivity (Wildman–Crippen MR) is 46.0 cm³/mol. The minimum absolute atomic E-state index is 0.260. The van der Waals surface area contributed by atoms with Gasteiger partial charge in [-0.1, -0.05) is 6.92 Å². The smallest absolute Gasteiger partial charge is 0.320 e. The average Bonchev–Trinajstić information content (AvgIpc) is 2.52. The Bertz CT molecular complexity index is 268. The van der Waals surface area contributed by atoms with E-state index in [2.05, 4.69) is 20.8 Å². The van der Waals surface area contributed by atoms with Crippen LogP contribution in [0.3, 0.4) is 0 Å². The van der Waals surface area contributed by atoms with E-state index in [0.717, 1.165) is 12.1 Å². The number of aryl methyl sites for hydroxylation is 1. The zero-order valence-corrected chi connectivity index (χ0v) is 7.14. The molecule has 0 radical (unpaired) electrons. The molecule has 2 amide bonds. The molecule has 0 atom stereocenters. The Hall–Kier alpha value is -1.52. The molecule has 5 heteroatoms. The topological polar surface area (TPSA) is 69.8 Å². The van der Waals surface area contributed by atoms with E-state index in [1.54, 1.807) is 13.1 Å². The van der Waals surface area contributed by atoms with Crippen LogP contribution in [-0.2, 0) is 6.42 Å². The third kappa shape index (κ3) is 1.98. The van der Waals surface area contributed by atoms with E-state index >= 15 is 0 Å². The monoisotopic (exact) mass is 168 g/mol. The number of carbonyl (C=O) groups excluding carboxylic acids is 1. The SMILES string of the molecule is CCc1cc(NC(=O)NC)n[nH]1. The van der Waals surface area contributed by atoms with Crippen LogP contribution < -0.4 is 10.6 Å². The number of carbonyl (C=O) groups is 1. The van der Waals surface area contributed by atoms with Gasteiger partial charge in [0, 0.05) is 18.8 Å². The second-order valence-corrected chi connectivity index (χ2v) is 2.34. The largest absolute Gasteiger partial charge is 0.341 e. The van der Waals surface area contributed by atoms with Gasteiger partial charge in [0.2, 0.25) is 0 Å². The van der Waals surface area contributed by atoms with E-state index in [0.29, 0.717) is 5.82 Å². The van der Waals surface area contributed by atoms with Gasteiger partial charge in [0.15, 0.2) is 5.82 Å². The highest BCUT2D eigenvalue weighted by Gasteiger charge is 2.01. The van der Waals surface area contributed by atoms with Gasteiger partial charge in [0.1, 0.15) is 0 Å².